The number of hydrogen-bond donors (Lipinski definition) is 0. The van der Waals surface area contributed by atoms with Crippen LogP contribution < -0.4 is 0 Å². The van der Waals surface area contributed by atoms with Gasteiger partial charge in [0.15, 0.2) is 11.7 Å². The van der Waals surface area contributed by atoms with Gasteiger partial charge >= 0.3 is 5.97 Å². The standard InChI is InChI=1S/C19H18ClN3O3/c20-14-3-1-13(2-4-14)17-11-22-18(26-17)5-6-19(24)25-16-9-15(10-16)23-8-7-21-12-23/h1-4,7-8,11-12,15-16H,5-6,9-10H2. The van der Waals surface area contributed by atoms with Crippen LogP contribution in [-0.4, -0.2) is 26.6 Å². The van der Waals surface area contributed by atoms with E-state index in [0.717, 1.165) is 18.4 Å². The van der Waals surface area contributed by atoms with Crippen LogP contribution in [0.4, 0.5) is 0 Å². The Morgan fingerprint density at radius 3 is 2.85 bits per heavy atom. The van der Waals surface area contributed by atoms with E-state index in [0.29, 0.717) is 29.1 Å². The molecule has 7 heteroatoms. The first kappa shape index (κ1) is 16.8. The van der Waals surface area contributed by atoms with Gasteiger partial charge in [0.2, 0.25) is 0 Å². The Bertz CT molecular complexity index is 868. The van der Waals surface area contributed by atoms with E-state index in [2.05, 4.69) is 14.5 Å². The molecule has 0 atom stereocenters. The Hall–Kier alpha value is -2.60. The number of benzene rings is 1. The first-order valence-corrected chi connectivity index (χ1v) is 8.93. The number of oxazole rings is 1. The fourth-order valence-electron chi connectivity index (χ4n) is 2.99. The lowest BCUT2D eigenvalue weighted by atomic mass is 9.89. The summed E-state index contributed by atoms with van der Waals surface area (Å²) in [5.41, 5.74) is 0.899. The number of nitrogens with zero attached hydrogens (tertiary/aromatic N) is 3. The number of aryl methyl sites for hydroxylation is 1. The fraction of sp³-hybridized carbons (Fsp3) is 0.316. The fourth-order valence-corrected chi connectivity index (χ4v) is 3.12. The predicted octanol–water partition coefficient (Wildman–Crippen LogP) is 4.07. The third kappa shape index (κ3) is 3.80. The van der Waals surface area contributed by atoms with Crippen molar-refractivity contribution >= 4 is 17.6 Å². The lowest BCUT2D eigenvalue weighted by molar-refractivity contribution is -0.155. The number of carbonyl (C=O) groups is 1. The Morgan fingerprint density at radius 1 is 1.31 bits per heavy atom. The van der Waals surface area contributed by atoms with Crippen LogP contribution in [0.3, 0.4) is 0 Å². The molecule has 1 aliphatic carbocycles. The molecule has 2 aromatic heterocycles. The first-order chi connectivity index (χ1) is 12.7. The summed E-state index contributed by atoms with van der Waals surface area (Å²) in [4.78, 5) is 20.3. The van der Waals surface area contributed by atoms with Crippen molar-refractivity contribution in [3.8, 4) is 11.3 Å². The van der Waals surface area contributed by atoms with E-state index in [1.54, 1.807) is 30.9 Å². The number of esters is 1. The summed E-state index contributed by atoms with van der Waals surface area (Å²) >= 11 is 5.88. The van der Waals surface area contributed by atoms with Crippen LogP contribution in [0.5, 0.6) is 0 Å². The smallest absolute Gasteiger partial charge is 0.306 e. The molecular weight excluding hydrogens is 354 g/mol. The molecule has 0 N–H and O–H groups in total. The molecular formula is C19H18ClN3O3. The van der Waals surface area contributed by atoms with Crippen LogP contribution in [0.2, 0.25) is 5.02 Å². The summed E-state index contributed by atoms with van der Waals surface area (Å²) in [6.45, 7) is 0. The van der Waals surface area contributed by atoms with Gasteiger partial charge in [0.25, 0.3) is 0 Å². The lowest BCUT2D eigenvalue weighted by Gasteiger charge is -2.35. The van der Waals surface area contributed by atoms with E-state index in [1.807, 2.05) is 18.3 Å². The summed E-state index contributed by atoms with van der Waals surface area (Å²) in [5, 5.41) is 0.669. The highest BCUT2D eigenvalue weighted by Gasteiger charge is 2.33. The van der Waals surface area contributed by atoms with Gasteiger partial charge in [-0.15, -0.1) is 0 Å². The summed E-state index contributed by atoms with van der Waals surface area (Å²) in [7, 11) is 0. The lowest BCUT2D eigenvalue weighted by Crippen LogP contribution is -2.34. The molecule has 2 heterocycles. The van der Waals surface area contributed by atoms with Gasteiger partial charge in [0.05, 0.1) is 18.9 Å². The van der Waals surface area contributed by atoms with Crippen molar-refractivity contribution in [2.75, 3.05) is 0 Å². The zero-order valence-electron chi connectivity index (χ0n) is 14.0. The second-order valence-electron chi connectivity index (χ2n) is 6.37. The van der Waals surface area contributed by atoms with Crippen LogP contribution in [0.1, 0.15) is 31.2 Å². The topological polar surface area (TPSA) is 70.2 Å². The molecule has 0 amide bonds. The Balaban J connectivity index is 1.23. The zero-order chi connectivity index (χ0) is 17.9. The Morgan fingerprint density at radius 2 is 2.12 bits per heavy atom. The highest BCUT2D eigenvalue weighted by atomic mass is 35.5. The van der Waals surface area contributed by atoms with Gasteiger partial charge in [-0.05, 0) is 24.3 Å². The quantitative estimate of drug-likeness (QED) is 0.611. The normalized spacial score (nSPS) is 19.1. The molecule has 3 aromatic rings. The average Bonchev–Trinajstić information content (AvgIpc) is 3.28. The largest absolute Gasteiger partial charge is 0.462 e. The summed E-state index contributed by atoms with van der Waals surface area (Å²) in [6.07, 6.45) is 9.48. The Kier molecular flexibility index (Phi) is 4.75. The SMILES string of the molecule is O=C(CCc1ncc(-c2ccc(Cl)cc2)o1)OC1CC(n2ccnc2)C1. The van der Waals surface area contributed by atoms with Gasteiger partial charge < -0.3 is 13.7 Å². The van der Waals surface area contributed by atoms with Crippen LogP contribution in [0.25, 0.3) is 11.3 Å². The van der Waals surface area contributed by atoms with E-state index in [1.165, 1.54) is 0 Å². The van der Waals surface area contributed by atoms with Gasteiger partial charge in [-0.1, -0.05) is 11.6 Å². The first-order valence-electron chi connectivity index (χ1n) is 8.55. The minimum atomic E-state index is -0.217. The molecule has 0 aliphatic heterocycles. The van der Waals surface area contributed by atoms with Crippen LogP contribution in [-0.2, 0) is 16.0 Å². The molecule has 0 radical (unpaired) electrons. The highest BCUT2D eigenvalue weighted by molar-refractivity contribution is 6.30. The maximum atomic E-state index is 12.0. The van der Waals surface area contributed by atoms with Crippen LogP contribution >= 0.6 is 11.6 Å². The van der Waals surface area contributed by atoms with E-state index >= 15 is 0 Å². The number of imidazole rings is 1. The van der Waals surface area contributed by atoms with Crippen molar-refractivity contribution in [1.29, 1.82) is 0 Å². The molecule has 0 spiro atoms. The monoisotopic (exact) mass is 371 g/mol. The number of halogens is 1. The van der Waals surface area contributed by atoms with Gasteiger partial charge in [0, 0.05) is 48.3 Å². The van der Waals surface area contributed by atoms with Crippen molar-refractivity contribution < 1.29 is 13.9 Å². The second kappa shape index (κ2) is 7.33. The van der Waals surface area contributed by atoms with Crippen molar-refractivity contribution in [2.45, 2.75) is 37.8 Å². The number of hydrogen-bond acceptors (Lipinski definition) is 5. The molecule has 26 heavy (non-hydrogen) atoms. The van der Waals surface area contributed by atoms with E-state index in [-0.39, 0.29) is 18.5 Å². The van der Waals surface area contributed by atoms with Crippen LogP contribution in [0, 0.1) is 0 Å². The molecule has 1 aromatic carbocycles. The summed E-state index contributed by atoms with van der Waals surface area (Å²) in [5.74, 6) is 0.967. The molecule has 6 nitrogen and oxygen atoms in total. The molecule has 4 rings (SSSR count). The zero-order valence-corrected chi connectivity index (χ0v) is 14.8. The average molecular weight is 372 g/mol. The Labute approximate surface area is 155 Å². The third-order valence-corrected chi connectivity index (χ3v) is 4.79. The number of ether oxygens (including phenoxy) is 1. The van der Waals surface area contributed by atoms with E-state index < -0.39 is 0 Å². The summed E-state index contributed by atoms with van der Waals surface area (Å²) in [6, 6.07) is 7.71. The summed E-state index contributed by atoms with van der Waals surface area (Å²) < 4.78 is 13.2. The van der Waals surface area contributed by atoms with E-state index in [9.17, 15) is 4.79 Å². The number of aromatic nitrogens is 3. The maximum absolute atomic E-state index is 12.0. The van der Waals surface area contributed by atoms with Gasteiger partial charge in [-0.2, -0.15) is 0 Å². The van der Waals surface area contributed by atoms with Gasteiger partial charge in [-0.25, -0.2) is 9.97 Å². The molecule has 0 saturated heterocycles. The van der Waals surface area contributed by atoms with Crippen LogP contribution in [0.15, 0.2) is 53.6 Å². The van der Waals surface area contributed by atoms with Crippen molar-refractivity contribution in [3.63, 3.8) is 0 Å². The molecule has 0 bridgehead atoms. The molecule has 1 aliphatic rings. The van der Waals surface area contributed by atoms with Crippen molar-refractivity contribution in [1.82, 2.24) is 14.5 Å². The predicted molar refractivity (Wildman–Crippen MR) is 95.6 cm³/mol. The minimum Gasteiger partial charge on any atom is -0.462 e. The molecule has 0 unspecified atom stereocenters. The molecule has 1 fully saturated rings. The molecule has 134 valence electrons. The maximum Gasteiger partial charge on any atom is 0.306 e. The second-order valence-corrected chi connectivity index (χ2v) is 6.81. The molecule has 1 saturated carbocycles. The van der Waals surface area contributed by atoms with Gasteiger partial charge in [-0.3, -0.25) is 4.79 Å². The highest BCUT2D eigenvalue weighted by Crippen LogP contribution is 2.34. The van der Waals surface area contributed by atoms with Crippen molar-refractivity contribution in [3.05, 3.63) is 60.1 Å². The number of rotatable bonds is 6. The minimum absolute atomic E-state index is 0.0101. The number of carbonyl (C=O) groups excluding carboxylic acids is 1. The van der Waals surface area contributed by atoms with Gasteiger partial charge in [0.1, 0.15) is 6.10 Å². The third-order valence-electron chi connectivity index (χ3n) is 4.54. The van der Waals surface area contributed by atoms with E-state index in [4.69, 9.17) is 20.8 Å². The van der Waals surface area contributed by atoms with Crippen molar-refractivity contribution in [2.24, 2.45) is 0 Å².